The van der Waals surface area contributed by atoms with Gasteiger partial charge in [0.1, 0.15) is 5.03 Å². The van der Waals surface area contributed by atoms with Gasteiger partial charge in [-0.3, -0.25) is 0 Å². The second kappa shape index (κ2) is 6.92. The third-order valence-corrected chi connectivity index (χ3v) is 4.65. The fourth-order valence-electron chi connectivity index (χ4n) is 1.61. The molecule has 2 rings (SSSR count). The molecular weight excluding hydrogens is 260 g/mol. The van der Waals surface area contributed by atoms with E-state index in [1.54, 1.807) is 23.1 Å². The number of aromatic nitrogens is 1. The zero-order valence-corrected chi connectivity index (χ0v) is 12.4. The van der Waals surface area contributed by atoms with Crippen molar-refractivity contribution in [2.24, 2.45) is 0 Å². The van der Waals surface area contributed by atoms with Crippen LogP contribution < -0.4 is 5.32 Å². The van der Waals surface area contributed by atoms with Crippen molar-refractivity contribution in [1.29, 1.82) is 0 Å². The summed E-state index contributed by atoms with van der Waals surface area (Å²) in [6.45, 7) is 5.41. The quantitative estimate of drug-likeness (QED) is 0.850. The van der Waals surface area contributed by atoms with Gasteiger partial charge in [-0.1, -0.05) is 30.8 Å². The summed E-state index contributed by atoms with van der Waals surface area (Å²) >= 11 is 3.47. The lowest BCUT2D eigenvalue weighted by Crippen LogP contribution is -2.19. The number of thiophene rings is 1. The summed E-state index contributed by atoms with van der Waals surface area (Å²) in [7, 11) is 0. The van der Waals surface area contributed by atoms with Crippen LogP contribution in [0.4, 0.5) is 0 Å². The van der Waals surface area contributed by atoms with Crippen LogP contribution in [0.1, 0.15) is 31.9 Å². The Morgan fingerprint density at radius 3 is 2.89 bits per heavy atom. The Hall–Kier alpha value is -0.840. The van der Waals surface area contributed by atoms with E-state index >= 15 is 0 Å². The second-order valence-corrected chi connectivity index (χ2v) is 6.41. The average Bonchev–Trinajstić information content (AvgIpc) is 2.89. The minimum Gasteiger partial charge on any atom is -0.310 e. The van der Waals surface area contributed by atoms with E-state index in [-0.39, 0.29) is 0 Å². The monoisotopic (exact) mass is 278 g/mol. The van der Waals surface area contributed by atoms with Gasteiger partial charge in [0.05, 0.1) is 4.21 Å². The van der Waals surface area contributed by atoms with Gasteiger partial charge in [0, 0.05) is 12.2 Å². The molecule has 0 aliphatic carbocycles. The van der Waals surface area contributed by atoms with E-state index in [0.717, 1.165) is 18.0 Å². The van der Waals surface area contributed by atoms with Gasteiger partial charge in [-0.25, -0.2) is 4.98 Å². The van der Waals surface area contributed by atoms with Crippen LogP contribution in [0.3, 0.4) is 0 Å². The number of nitrogens with one attached hydrogen (secondary N) is 1. The molecule has 0 bridgehead atoms. The molecule has 0 fully saturated rings. The minimum atomic E-state index is 0.373. The highest BCUT2D eigenvalue weighted by molar-refractivity contribution is 8.01. The van der Waals surface area contributed by atoms with Crippen LogP contribution in [0.25, 0.3) is 0 Å². The highest BCUT2D eigenvalue weighted by Gasteiger charge is 2.05. The van der Waals surface area contributed by atoms with E-state index < -0.39 is 0 Å². The SMILES string of the molecule is CCCNC(C)c1ccc(Sc2cccs2)nc1. The van der Waals surface area contributed by atoms with Gasteiger partial charge in [0.2, 0.25) is 0 Å². The number of rotatable bonds is 6. The predicted octanol–water partition coefficient (Wildman–Crippen LogP) is 4.35. The maximum atomic E-state index is 4.51. The van der Waals surface area contributed by atoms with E-state index in [0.29, 0.717) is 6.04 Å². The molecule has 0 amide bonds. The van der Waals surface area contributed by atoms with Gasteiger partial charge in [-0.2, -0.15) is 0 Å². The first kappa shape index (κ1) is 13.6. The van der Waals surface area contributed by atoms with Gasteiger partial charge in [0.15, 0.2) is 0 Å². The standard InChI is InChI=1S/C14H18N2S2/c1-3-8-15-11(2)12-6-7-13(16-10-12)18-14-5-4-9-17-14/h4-7,9-11,15H,3,8H2,1-2H3. The minimum absolute atomic E-state index is 0.373. The fraction of sp³-hybridized carbons (Fsp3) is 0.357. The summed E-state index contributed by atoms with van der Waals surface area (Å²) in [4.78, 5) is 4.51. The van der Waals surface area contributed by atoms with Crippen LogP contribution in [-0.4, -0.2) is 11.5 Å². The van der Waals surface area contributed by atoms with Gasteiger partial charge >= 0.3 is 0 Å². The van der Waals surface area contributed by atoms with Crippen molar-refractivity contribution in [3.8, 4) is 0 Å². The summed E-state index contributed by atoms with van der Waals surface area (Å²) in [5.41, 5.74) is 1.25. The summed E-state index contributed by atoms with van der Waals surface area (Å²) in [6, 6.07) is 8.83. The van der Waals surface area contributed by atoms with Crippen LogP contribution in [-0.2, 0) is 0 Å². The Labute approximate surface area is 117 Å². The molecule has 0 radical (unpaired) electrons. The molecule has 2 aromatic rings. The molecule has 0 saturated heterocycles. The van der Waals surface area contributed by atoms with E-state index in [1.807, 2.05) is 6.20 Å². The van der Waals surface area contributed by atoms with Crippen LogP contribution in [0.15, 0.2) is 45.1 Å². The Balaban J connectivity index is 1.96. The Kier molecular flexibility index (Phi) is 5.23. The van der Waals surface area contributed by atoms with Crippen LogP contribution in [0, 0.1) is 0 Å². The van der Waals surface area contributed by atoms with Gasteiger partial charge in [-0.15, -0.1) is 11.3 Å². The van der Waals surface area contributed by atoms with E-state index in [1.165, 1.54) is 9.77 Å². The molecule has 1 N–H and O–H groups in total. The molecule has 1 unspecified atom stereocenters. The zero-order chi connectivity index (χ0) is 12.8. The molecule has 1 atom stereocenters. The van der Waals surface area contributed by atoms with Crippen molar-refractivity contribution < 1.29 is 0 Å². The molecule has 18 heavy (non-hydrogen) atoms. The number of pyridine rings is 1. The Morgan fingerprint density at radius 1 is 1.39 bits per heavy atom. The van der Waals surface area contributed by atoms with Crippen LogP contribution in [0.2, 0.25) is 0 Å². The lowest BCUT2D eigenvalue weighted by Gasteiger charge is -2.13. The largest absolute Gasteiger partial charge is 0.310 e. The lowest BCUT2D eigenvalue weighted by atomic mass is 10.1. The molecule has 96 valence electrons. The second-order valence-electron chi connectivity index (χ2n) is 4.14. The average molecular weight is 278 g/mol. The highest BCUT2D eigenvalue weighted by atomic mass is 32.2. The molecule has 2 nitrogen and oxygen atoms in total. The summed E-state index contributed by atoms with van der Waals surface area (Å²) in [6.07, 6.45) is 3.13. The van der Waals surface area contributed by atoms with Crippen molar-refractivity contribution in [3.05, 3.63) is 41.4 Å². The normalized spacial score (nSPS) is 12.6. The van der Waals surface area contributed by atoms with Crippen molar-refractivity contribution >= 4 is 23.1 Å². The zero-order valence-electron chi connectivity index (χ0n) is 10.7. The van der Waals surface area contributed by atoms with Crippen molar-refractivity contribution in [1.82, 2.24) is 10.3 Å². The molecule has 2 heterocycles. The predicted molar refractivity (Wildman–Crippen MR) is 79.4 cm³/mol. The third kappa shape index (κ3) is 3.83. The fourth-order valence-corrected chi connectivity index (χ4v) is 3.27. The molecule has 0 aliphatic heterocycles. The van der Waals surface area contributed by atoms with E-state index in [4.69, 9.17) is 0 Å². The van der Waals surface area contributed by atoms with Crippen LogP contribution >= 0.6 is 23.1 Å². The maximum Gasteiger partial charge on any atom is 0.101 e. The first-order chi connectivity index (χ1) is 8.79. The number of nitrogens with zero attached hydrogens (tertiary/aromatic N) is 1. The molecule has 0 aliphatic rings. The van der Waals surface area contributed by atoms with Gasteiger partial charge < -0.3 is 5.32 Å². The maximum absolute atomic E-state index is 4.51. The summed E-state index contributed by atoms with van der Waals surface area (Å²) in [5.74, 6) is 0. The Bertz CT molecular complexity index is 451. The summed E-state index contributed by atoms with van der Waals surface area (Å²) in [5, 5.41) is 6.62. The molecule has 0 spiro atoms. The van der Waals surface area contributed by atoms with E-state index in [9.17, 15) is 0 Å². The topological polar surface area (TPSA) is 24.9 Å². The van der Waals surface area contributed by atoms with Crippen LogP contribution in [0.5, 0.6) is 0 Å². The molecule has 2 aromatic heterocycles. The molecule has 0 saturated carbocycles. The van der Waals surface area contributed by atoms with Crippen molar-refractivity contribution in [2.75, 3.05) is 6.54 Å². The highest BCUT2D eigenvalue weighted by Crippen LogP contribution is 2.30. The van der Waals surface area contributed by atoms with E-state index in [2.05, 4.69) is 53.8 Å². The Morgan fingerprint density at radius 2 is 2.28 bits per heavy atom. The smallest absolute Gasteiger partial charge is 0.101 e. The van der Waals surface area contributed by atoms with Gasteiger partial charge in [0.25, 0.3) is 0 Å². The first-order valence-corrected chi connectivity index (χ1v) is 7.90. The lowest BCUT2D eigenvalue weighted by molar-refractivity contribution is 0.568. The molecule has 0 aromatic carbocycles. The summed E-state index contributed by atoms with van der Waals surface area (Å²) < 4.78 is 1.28. The first-order valence-electron chi connectivity index (χ1n) is 6.20. The van der Waals surface area contributed by atoms with Gasteiger partial charge in [-0.05, 0) is 43.0 Å². The number of hydrogen-bond acceptors (Lipinski definition) is 4. The molecular formula is C14H18N2S2. The number of hydrogen-bond donors (Lipinski definition) is 1. The third-order valence-electron chi connectivity index (χ3n) is 2.66. The van der Waals surface area contributed by atoms with Crippen molar-refractivity contribution in [3.63, 3.8) is 0 Å². The molecule has 4 heteroatoms. The van der Waals surface area contributed by atoms with Crippen molar-refractivity contribution in [2.45, 2.75) is 35.5 Å².